The summed E-state index contributed by atoms with van der Waals surface area (Å²) in [7, 11) is 3.59. The van der Waals surface area contributed by atoms with Gasteiger partial charge in [-0.1, -0.05) is 27.7 Å². The molecule has 0 radical (unpaired) electrons. The zero-order valence-electron chi connectivity index (χ0n) is 8.32. The number of nitrogens with one attached hydrogen (secondary N) is 1. The molecule has 0 amide bonds. The lowest BCUT2D eigenvalue weighted by atomic mass is 10.7. The summed E-state index contributed by atoms with van der Waals surface area (Å²) in [6.07, 6.45) is 0. The summed E-state index contributed by atoms with van der Waals surface area (Å²) in [5, 5.41) is 2.94. The molecular weight excluding hydrogens is 126 g/mol. The van der Waals surface area contributed by atoms with E-state index in [0.29, 0.717) is 0 Å². The first-order valence-electron chi connectivity index (χ1n) is 4.05. The van der Waals surface area contributed by atoms with E-state index in [2.05, 4.69) is 5.32 Å². The Hall–Kier alpha value is -0.0800. The van der Waals surface area contributed by atoms with Crippen molar-refractivity contribution in [1.29, 1.82) is 0 Å². The molecule has 2 nitrogen and oxygen atoms in total. The minimum atomic E-state index is 0.802. The number of rotatable bonds is 3. The third-order valence-electron chi connectivity index (χ3n) is 0.556. The van der Waals surface area contributed by atoms with Crippen molar-refractivity contribution in [2.75, 3.05) is 27.3 Å². The topological polar surface area (TPSA) is 21.3 Å². The number of hydrogen-bond donors (Lipinski definition) is 1. The van der Waals surface area contributed by atoms with Gasteiger partial charge in [-0.05, 0) is 7.05 Å². The molecule has 0 heterocycles. The molecule has 0 aliphatic heterocycles. The molecule has 0 saturated heterocycles. The van der Waals surface area contributed by atoms with Crippen LogP contribution in [0.3, 0.4) is 0 Å². The van der Waals surface area contributed by atoms with Crippen LogP contribution in [-0.2, 0) is 4.74 Å². The first-order valence-corrected chi connectivity index (χ1v) is 4.05. The molecule has 0 aliphatic carbocycles. The minimum Gasteiger partial charge on any atom is -0.383 e. The lowest BCUT2D eigenvalue weighted by molar-refractivity contribution is 0.201. The van der Waals surface area contributed by atoms with Gasteiger partial charge in [0.2, 0.25) is 0 Å². The van der Waals surface area contributed by atoms with E-state index in [1.807, 2.05) is 34.7 Å². The van der Waals surface area contributed by atoms with Crippen molar-refractivity contribution in [3.05, 3.63) is 0 Å². The smallest absolute Gasteiger partial charge is 0.0587 e. The Morgan fingerprint density at radius 2 is 1.50 bits per heavy atom. The van der Waals surface area contributed by atoms with Gasteiger partial charge in [0.15, 0.2) is 0 Å². The van der Waals surface area contributed by atoms with Crippen LogP contribution in [0.4, 0.5) is 0 Å². The molecular formula is C8H23NO. The van der Waals surface area contributed by atoms with Crippen molar-refractivity contribution in [2.24, 2.45) is 0 Å². The Morgan fingerprint density at radius 1 is 1.10 bits per heavy atom. The van der Waals surface area contributed by atoms with Crippen LogP contribution in [0.1, 0.15) is 27.7 Å². The van der Waals surface area contributed by atoms with Crippen LogP contribution >= 0.6 is 0 Å². The van der Waals surface area contributed by atoms with Gasteiger partial charge in [-0.3, -0.25) is 0 Å². The Bertz CT molecular complexity index is 21.2. The highest BCUT2D eigenvalue weighted by molar-refractivity contribution is 4.30. The van der Waals surface area contributed by atoms with Gasteiger partial charge in [-0.2, -0.15) is 0 Å². The zero-order valence-corrected chi connectivity index (χ0v) is 8.32. The fraction of sp³-hybridized carbons (Fsp3) is 1.00. The Kier molecular flexibility index (Phi) is 60.0. The summed E-state index contributed by atoms with van der Waals surface area (Å²) in [6, 6.07) is 0. The molecule has 0 aromatic carbocycles. The second kappa shape index (κ2) is 36.4. The third kappa shape index (κ3) is 44.5. The van der Waals surface area contributed by atoms with Crippen molar-refractivity contribution >= 4 is 0 Å². The van der Waals surface area contributed by atoms with Gasteiger partial charge < -0.3 is 10.1 Å². The van der Waals surface area contributed by atoms with E-state index in [4.69, 9.17) is 4.74 Å². The third-order valence-corrected chi connectivity index (χ3v) is 0.556. The quantitative estimate of drug-likeness (QED) is 0.619. The molecule has 0 aromatic rings. The summed E-state index contributed by atoms with van der Waals surface area (Å²) in [6.45, 7) is 9.74. The molecule has 0 aromatic heterocycles. The molecule has 0 rings (SSSR count). The fourth-order valence-electron chi connectivity index (χ4n) is 0.204. The Balaban J connectivity index is -0.000000105. The van der Waals surface area contributed by atoms with Gasteiger partial charge in [-0.15, -0.1) is 0 Å². The first-order chi connectivity index (χ1) is 4.91. The van der Waals surface area contributed by atoms with E-state index in [9.17, 15) is 0 Å². The van der Waals surface area contributed by atoms with Gasteiger partial charge in [0.25, 0.3) is 0 Å². The van der Waals surface area contributed by atoms with Crippen LogP contribution in [0.25, 0.3) is 0 Å². The van der Waals surface area contributed by atoms with Gasteiger partial charge in [-0.25, -0.2) is 0 Å². The van der Waals surface area contributed by atoms with Gasteiger partial charge in [0.05, 0.1) is 6.61 Å². The predicted octanol–water partition coefficient (Wildman–Crippen LogP) is 1.90. The average Bonchev–Trinajstić information content (AvgIpc) is 2.08. The molecule has 0 spiro atoms. The van der Waals surface area contributed by atoms with E-state index in [0.717, 1.165) is 13.2 Å². The maximum atomic E-state index is 4.72. The maximum Gasteiger partial charge on any atom is 0.0587 e. The van der Waals surface area contributed by atoms with Gasteiger partial charge in [0, 0.05) is 13.7 Å². The lowest BCUT2D eigenvalue weighted by Gasteiger charge is -1.92. The summed E-state index contributed by atoms with van der Waals surface area (Å²) in [5.74, 6) is 0. The molecule has 0 atom stereocenters. The SMILES string of the molecule is CC.CC.CNCCOC. The molecule has 66 valence electrons. The molecule has 0 fully saturated rings. The van der Waals surface area contributed by atoms with E-state index in [-0.39, 0.29) is 0 Å². The molecule has 1 N–H and O–H groups in total. The highest BCUT2D eigenvalue weighted by Crippen LogP contribution is 1.57. The standard InChI is InChI=1S/C4H11NO.2C2H6/c1-5-3-4-6-2;2*1-2/h5H,3-4H2,1-2H3;2*1-2H3. The van der Waals surface area contributed by atoms with Crippen molar-refractivity contribution in [2.45, 2.75) is 27.7 Å². The number of likely N-dealkylation sites (N-methyl/N-ethyl adjacent to an activating group) is 1. The summed E-state index contributed by atoms with van der Waals surface area (Å²) in [5.41, 5.74) is 0. The number of methoxy groups -OCH3 is 1. The number of ether oxygens (including phenoxy) is 1. The van der Waals surface area contributed by atoms with Crippen molar-refractivity contribution in [3.63, 3.8) is 0 Å². The highest BCUT2D eigenvalue weighted by atomic mass is 16.5. The summed E-state index contributed by atoms with van der Waals surface area (Å²) >= 11 is 0. The number of hydrogen-bond acceptors (Lipinski definition) is 2. The zero-order chi connectivity index (χ0) is 8.83. The van der Waals surface area contributed by atoms with Crippen LogP contribution in [0.15, 0.2) is 0 Å². The first kappa shape index (κ1) is 16.5. The Morgan fingerprint density at radius 3 is 1.60 bits per heavy atom. The second-order valence-electron chi connectivity index (χ2n) is 1.10. The molecule has 10 heavy (non-hydrogen) atoms. The Labute approximate surface area is 66.0 Å². The van der Waals surface area contributed by atoms with E-state index < -0.39 is 0 Å². The maximum absolute atomic E-state index is 4.72. The van der Waals surface area contributed by atoms with Crippen LogP contribution in [0, 0.1) is 0 Å². The normalized spacial score (nSPS) is 6.60. The molecule has 0 bridgehead atoms. The average molecular weight is 149 g/mol. The van der Waals surface area contributed by atoms with Gasteiger partial charge in [0.1, 0.15) is 0 Å². The van der Waals surface area contributed by atoms with Gasteiger partial charge >= 0.3 is 0 Å². The molecule has 0 unspecified atom stereocenters. The summed E-state index contributed by atoms with van der Waals surface area (Å²) in [4.78, 5) is 0. The van der Waals surface area contributed by atoms with Crippen molar-refractivity contribution in [1.82, 2.24) is 5.32 Å². The molecule has 0 saturated carbocycles. The van der Waals surface area contributed by atoms with Crippen LogP contribution in [-0.4, -0.2) is 27.3 Å². The molecule has 0 aliphatic rings. The molecule has 2 heteroatoms. The fourth-order valence-corrected chi connectivity index (χ4v) is 0.204. The van der Waals surface area contributed by atoms with E-state index >= 15 is 0 Å². The van der Waals surface area contributed by atoms with Crippen molar-refractivity contribution in [3.8, 4) is 0 Å². The second-order valence-corrected chi connectivity index (χ2v) is 1.10. The predicted molar refractivity (Wildman–Crippen MR) is 48.5 cm³/mol. The van der Waals surface area contributed by atoms with Crippen LogP contribution in [0.2, 0.25) is 0 Å². The van der Waals surface area contributed by atoms with E-state index in [1.54, 1.807) is 7.11 Å². The highest BCUT2D eigenvalue weighted by Gasteiger charge is 1.72. The van der Waals surface area contributed by atoms with Crippen molar-refractivity contribution < 1.29 is 4.74 Å². The lowest BCUT2D eigenvalue weighted by Crippen LogP contribution is -2.12. The van der Waals surface area contributed by atoms with Crippen LogP contribution < -0.4 is 5.32 Å². The van der Waals surface area contributed by atoms with Crippen LogP contribution in [0.5, 0.6) is 0 Å². The monoisotopic (exact) mass is 149 g/mol. The summed E-state index contributed by atoms with van der Waals surface area (Å²) < 4.78 is 4.72. The largest absolute Gasteiger partial charge is 0.383 e. The minimum absolute atomic E-state index is 0.802. The van der Waals surface area contributed by atoms with E-state index in [1.165, 1.54) is 0 Å².